The lowest BCUT2D eigenvalue weighted by atomic mass is 10.0. The van der Waals surface area contributed by atoms with Crippen molar-refractivity contribution < 1.29 is 9.13 Å². The molecule has 1 aliphatic heterocycles. The summed E-state index contributed by atoms with van der Waals surface area (Å²) < 4.78 is 20.5. The van der Waals surface area contributed by atoms with Crippen molar-refractivity contribution >= 4 is 22.9 Å². The van der Waals surface area contributed by atoms with Gasteiger partial charge in [0, 0.05) is 36.6 Å². The van der Waals surface area contributed by atoms with Crippen molar-refractivity contribution in [1.29, 1.82) is 0 Å². The first-order valence-corrected chi connectivity index (χ1v) is 8.42. The van der Waals surface area contributed by atoms with Crippen LogP contribution < -0.4 is 10.1 Å². The molecule has 2 aromatic rings. The molecule has 1 aromatic heterocycles. The molecule has 0 aliphatic carbocycles. The van der Waals surface area contributed by atoms with Crippen molar-refractivity contribution in [3.05, 3.63) is 50.9 Å². The van der Waals surface area contributed by atoms with Gasteiger partial charge in [0.15, 0.2) is 0 Å². The van der Waals surface area contributed by atoms with Crippen LogP contribution in [0.15, 0.2) is 30.3 Å². The van der Waals surface area contributed by atoms with E-state index in [-0.39, 0.29) is 11.9 Å². The molecule has 1 N–H and O–H groups in total. The Morgan fingerprint density at radius 3 is 2.68 bits per heavy atom. The highest BCUT2D eigenvalue weighted by Crippen LogP contribution is 2.37. The molecular weight excluding hydrogens is 323 g/mol. The van der Waals surface area contributed by atoms with E-state index in [0.717, 1.165) is 35.4 Å². The summed E-state index contributed by atoms with van der Waals surface area (Å²) in [7, 11) is 1.60. The quantitative estimate of drug-likeness (QED) is 0.921. The third-order valence-corrected chi connectivity index (χ3v) is 5.16. The van der Waals surface area contributed by atoms with Crippen molar-refractivity contribution in [1.82, 2.24) is 10.2 Å². The topological polar surface area (TPSA) is 24.5 Å². The van der Waals surface area contributed by atoms with Crippen LogP contribution in [0.3, 0.4) is 0 Å². The summed E-state index contributed by atoms with van der Waals surface area (Å²) in [5.41, 5.74) is 0.639. The largest absolute Gasteiger partial charge is 0.497 e. The first-order chi connectivity index (χ1) is 10.7. The smallest absolute Gasteiger partial charge is 0.128 e. The number of ether oxygens (including phenoxy) is 1. The predicted octanol–water partition coefficient (Wildman–Crippen LogP) is 3.54. The number of nitrogens with zero attached hydrogens (tertiary/aromatic N) is 1. The lowest BCUT2D eigenvalue weighted by Crippen LogP contribution is -2.45. The molecule has 1 saturated heterocycles. The van der Waals surface area contributed by atoms with Gasteiger partial charge in [0.2, 0.25) is 0 Å². The Balaban J connectivity index is 2.04. The zero-order valence-electron chi connectivity index (χ0n) is 12.3. The zero-order chi connectivity index (χ0) is 15.5. The highest BCUT2D eigenvalue weighted by Gasteiger charge is 2.28. The normalized spacial score (nSPS) is 17.4. The molecule has 0 saturated carbocycles. The number of rotatable bonds is 4. The lowest BCUT2D eigenvalue weighted by Gasteiger charge is -2.35. The van der Waals surface area contributed by atoms with Gasteiger partial charge >= 0.3 is 0 Å². The molecule has 0 unspecified atom stereocenters. The van der Waals surface area contributed by atoms with Gasteiger partial charge in [-0.25, -0.2) is 4.39 Å². The fraction of sp³-hybridized carbons (Fsp3) is 0.375. The number of piperazine rings is 1. The lowest BCUT2D eigenvalue weighted by molar-refractivity contribution is 0.197. The molecule has 0 amide bonds. The summed E-state index contributed by atoms with van der Waals surface area (Å²) in [4.78, 5) is 3.34. The number of methoxy groups -OCH3 is 1. The first-order valence-electron chi connectivity index (χ1n) is 7.22. The fourth-order valence-electron chi connectivity index (χ4n) is 2.80. The second-order valence-corrected chi connectivity index (χ2v) is 6.96. The number of nitrogens with one attached hydrogen (secondary N) is 1. The third-order valence-electron chi connectivity index (χ3n) is 3.88. The van der Waals surface area contributed by atoms with Gasteiger partial charge in [-0.2, -0.15) is 0 Å². The molecule has 22 heavy (non-hydrogen) atoms. The maximum absolute atomic E-state index is 14.5. The highest BCUT2D eigenvalue weighted by atomic mass is 35.5. The SMILES string of the molecule is COc1ccc(F)c([C@@H](c2ccc(Cl)s2)N2CCNCC2)c1. The monoisotopic (exact) mass is 340 g/mol. The minimum atomic E-state index is -0.214. The van der Waals surface area contributed by atoms with Crippen LogP contribution in [-0.4, -0.2) is 38.2 Å². The fourth-order valence-corrected chi connectivity index (χ4v) is 4.02. The van der Waals surface area contributed by atoms with E-state index in [0.29, 0.717) is 11.3 Å². The molecule has 0 bridgehead atoms. The van der Waals surface area contributed by atoms with Crippen molar-refractivity contribution in [2.45, 2.75) is 6.04 Å². The second-order valence-electron chi connectivity index (χ2n) is 5.22. The van der Waals surface area contributed by atoms with E-state index in [1.165, 1.54) is 17.4 Å². The molecule has 3 nitrogen and oxygen atoms in total. The molecule has 6 heteroatoms. The minimum Gasteiger partial charge on any atom is -0.497 e. The van der Waals surface area contributed by atoms with Crippen LogP contribution in [0.25, 0.3) is 0 Å². The van der Waals surface area contributed by atoms with Crippen molar-refractivity contribution in [3.8, 4) is 5.75 Å². The van der Waals surface area contributed by atoms with Crippen molar-refractivity contribution in [2.75, 3.05) is 33.3 Å². The molecule has 0 radical (unpaired) electrons. The van der Waals surface area contributed by atoms with E-state index in [1.54, 1.807) is 19.2 Å². The van der Waals surface area contributed by atoms with Gasteiger partial charge in [0.05, 0.1) is 17.5 Å². The zero-order valence-corrected chi connectivity index (χ0v) is 13.9. The van der Waals surface area contributed by atoms with Crippen molar-refractivity contribution in [3.63, 3.8) is 0 Å². The van der Waals surface area contributed by atoms with Gasteiger partial charge in [0.1, 0.15) is 11.6 Å². The number of halogens is 2. The van der Waals surface area contributed by atoms with E-state index < -0.39 is 0 Å². The summed E-state index contributed by atoms with van der Waals surface area (Å²) in [5, 5.41) is 3.33. The predicted molar refractivity (Wildman–Crippen MR) is 88.6 cm³/mol. The minimum absolute atomic E-state index is 0.130. The van der Waals surface area contributed by atoms with Crippen LogP contribution in [0, 0.1) is 5.82 Å². The Morgan fingerprint density at radius 1 is 1.27 bits per heavy atom. The van der Waals surface area contributed by atoms with Crippen LogP contribution in [-0.2, 0) is 0 Å². The molecule has 1 atom stereocenters. The standard InChI is InChI=1S/C16H18ClFN2OS/c1-21-11-2-3-13(18)12(10-11)16(14-4-5-15(17)22-14)20-8-6-19-7-9-20/h2-5,10,16,19H,6-9H2,1H3/t16-/m0/s1. The Labute approximate surface area is 138 Å². The van der Waals surface area contributed by atoms with Crippen LogP contribution in [0.1, 0.15) is 16.5 Å². The molecule has 0 spiro atoms. The number of hydrogen-bond donors (Lipinski definition) is 1. The van der Waals surface area contributed by atoms with Gasteiger partial charge < -0.3 is 10.1 Å². The number of benzene rings is 1. The summed E-state index contributed by atoms with van der Waals surface area (Å²) in [5.74, 6) is 0.452. The van der Waals surface area contributed by atoms with Gasteiger partial charge in [0.25, 0.3) is 0 Å². The maximum Gasteiger partial charge on any atom is 0.128 e. The van der Waals surface area contributed by atoms with E-state index >= 15 is 0 Å². The number of hydrogen-bond acceptors (Lipinski definition) is 4. The molecule has 3 rings (SSSR count). The average Bonchev–Trinajstić information content (AvgIpc) is 2.96. The summed E-state index contributed by atoms with van der Waals surface area (Å²) >= 11 is 7.60. The van der Waals surface area contributed by atoms with E-state index in [2.05, 4.69) is 10.2 Å². The molecule has 1 aromatic carbocycles. The van der Waals surface area contributed by atoms with E-state index in [1.807, 2.05) is 12.1 Å². The van der Waals surface area contributed by atoms with Gasteiger partial charge in [-0.1, -0.05) is 11.6 Å². The first kappa shape index (κ1) is 15.7. The highest BCUT2D eigenvalue weighted by molar-refractivity contribution is 7.16. The Kier molecular flexibility index (Phi) is 4.98. The Hall–Kier alpha value is -1.14. The Morgan fingerprint density at radius 2 is 2.05 bits per heavy atom. The second kappa shape index (κ2) is 6.96. The molecule has 118 valence electrons. The molecule has 1 fully saturated rings. The van der Waals surface area contributed by atoms with Gasteiger partial charge in [-0.15, -0.1) is 11.3 Å². The van der Waals surface area contributed by atoms with E-state index in [9.17, 15) is 4.39 Å². The molecule has 1 aliphatic rings. The summed E-state index contributed by atoms with van der Waals surface area (Å²) in [6.07, 6.45) is 0. The third kappa shape index (κ3) is 3.27. The molecular formula is C16H18ClFN2OS. The van der Waals surface area contributed by atoms with Crippen molar-refractivity contribution in [2.24, 2.45) is 0 Å². The van der Waals surface area contributed by atoms with Gasteiger partial charge in [-0.3, -0.25) is 4.90 Å². The number of thiophene rings is 1. The van der Waals surface area contributed by atoms with Crippen LogP contribution in [0.2, 0.25) is 4.34 Å². The van der Waals surface area contributed by atoms with E-state index in [4.69, 9.17) is 16.3 Å². The maximum atomic E-state index is 14.5. The van der Waals surface area contributed by atoms with Gasteiger partial charge in [-0.05, 0) is 30.3 Å². The average molecular weight is 341 g/mol. The van der Waals surface area contributed by atoms with Crippen LogP contribution in [0.5, 0.6) is 5.75 Å². The van der Waals surface area contributed by atoms with Crippen LogP contribution >= 0.6 is 22.9 Å². The summed E-state index contributed by atoms with van der Waals surface area (Å²) in [6.45, 7) is 3.55. The molecule has 2 heterocycles. The van der Waals surface area contributed by atoms with Crippen LogP contribution in [0.4, 0.5) is 4.39 Å². The summed E-state index contributed by atoms with van der Waals surface area (Å²) in [6, 6.07) is 8.63. The Bertz CT molecular complexity index is 643.